The molecule has 0 aliphatic heterocycles. The summed E-state index contributed by atoms with van der Waals surface area (Å²) in [5.41, 5.74) is 0.844. The monoisotopic (exact) mass is 281 g/mol. The third kappa shape index (κ3) is 3.08. The number of aromatic nitrogens is 1. The summed E-state index contributed by atoms with van der Waals surface area (Å²) in [5, 5.41) is 9.08. The Kier molecular flexibility index (Phi) is 3.98. The van der Waals surface area contributed by atoms with Gasteiger partial charge >= 0.3 is 5.97 Å². The lowest BCUT2D eigenvalue weighted by molar-refractivity contribution is -0.137. The molecule has 0 saturated heterocycles. The van der Waals surface area contributed by atoms with E-state index in [1.54, 1.807) is 0 Å². The SMILES string of the molecule is CC(=O)SC(CC(=O)O)c1nc2ccccc2s1. The zero-order chi connectivity index (χ0) is 13.1. The van der Waals surface area contributed by atoms with Crippen LogP contribution in [0.5, 0.6) is 0 Å². The Morgan fingerprint density at radius 1 is 1.44 bits per heavy atom. The first kappa shape index (κ1) is 13.0. The molecule has 1 unspecified atom stereocenters. The number of carboxylic acids is 1. The molecule has 1 atom stereocenters. The van der Waals surface area contributed by atoms with Crippen LogP contribution in [0.3, 0.4) is 0 Å². The highest BCUT2D eigenvalue weighted by molar-refractivity contribution is 8.13. The van der Waals surface area contributed by atoms with E-state index in [0.717, 1.165) is 22.0 Å². The van der Waals surface area contributed by atoms with Crippen LogP contribution >= 0.6 is 23.1 Å². The number of thioether (sulfide) groups is 1. The highest BCUT2D eigenvalue weighted by Crippen LogP contribution is 2.37. The van der Waals surface area contributed by atoms with Crippen molar-refractivity contribution >= 4 is 44.4 Å². The summed E-state index contributed by atoms with van der Waals surface area (Å²) in [6, 6.07) is 7.61. The third-order valence-electron chi connectivity index (χ3n) is 2.25. The molecule has 0 bridgehead atoms. The number of carboxylic acid groups (broad SMARTS) is 1. The lowest BCUT2D eigenvalue weighted by Gasteiger charge is -2.08. The fourth-order valence-electron chi connectivity index (χ4n) is 1.57. The van der Waals surface area contributed by atoms with E-state index in [9.17, 15) is 9.59 Å². The Morgan fingerprint density at radius 2 is 2.17 bits per heavy atom. The zero-order valence-electron chi connectivity index (χ0n) is 9.62. The second-order valence-corrected chi connectivity index (χ2v) is 6.16. The van der Waals surface area contributed by atoms with Crippen LogP contribution in [0.25, 0.3) is 10.2 Å². The second-order valence-electron chi connectivity index (χ2n) is 3.72. The van der Waals surface area contributed by atoms with Crippen molar-refractivity contribution in [2.75, 3.05) is 0 Å². The van der Waals surface area contributed by atoms with Gasteiger partial charge in [-0.25, -0.2) is 4.98 Å². The lowest BCUT2D eigenvalue weighted by atomic mass is 10.3. The van der Waals surface area contributed by atoms with E-state index in [2.05, 4.69) is 4.98 Å². The maximum atomic E-state index is 11.2. The molecule has 0 spiro atoms. The predicted molar refractivity (Wildman–Crippen MR) is 72.9 cm³/mol. The molecular weight excluding hydrogens is 270 g/mol. The maximum Gasteiger partial charge on any atom is 0.304 e. The Morgan fingerprint density at radius 3 is 2.78 bits per heavy atom. The standard InChI is InChI=1S/C12H11NO3S2/c1-7(14)17-10(6-11(15)16)12-13-8-4-2-3-5-9(8)18-12/h2-5,10H,6H2,1H3,(H,15,16). The molecule has 0 aliphatic carbocycles. The second kappa shape index (κ2) is 5.49. The van der Waals surface area contributed by atoms with Gasteiger partial charge < -0.3 is 5.11 Å². The van der Waals surface area contributed by atoms with Gasteiger partial charge in [0, 0.05) is 6.92 Å². The largest absolute Gasteiger partial charge is 0.481 e. The Hall–Kier alpha value is -1.40. The number of thiazole rings is 1. The van der Waals surface area contributed by atoms with Crippen molar-refractivity contribution in [1.29, 1.82) is 0 Å². The van der Waals surface area contributed by atoms with Crippen LogP contribution in [0.1, 0.15) is 23.6 Å². The van der Waals surface area contributed by atoms with Crippen LogP contribution in [0.15, 0.2) is 24.3 Å². The van der Waals surface area contributed by atoms with Crippen molar-refractivity contribution < 1.29 is 14.7 Å². The highest BCUT2D eigenvalue weighted by atomic mass is 32.2. The number of aliphatic carboxylic acids is 1. The molecule has 6 heteroatoms. The van der Waals surface area contributed by atoms with Gasteiger partial charge in [-0.1, -0.05) is 23.9 Å². The average Bonchev–Trinajstić information content (AvgIpc) is 2.70. The molecule has 1 aromatic carbocycles. The average molecular weight is 281 g/mol. The number of rotatable bonds is 4. The summed E-state index contributed by atoms with van der Waals surface area (Å²) < 4.78 is 1.01. The molecule has 0 aliphatic rings. The number of hydrogen-bond donors (Lipinski definition) is 1. The fraction of sp³-hybridized carbons (Fsp3) is 0.250. The first-order valence-electron chi connectivity index (χ1n) is 5.30. The Bertz CT molecular complexity index is 545. The number of carbonyl (C=O) groups is 2. The summed E-state index contributed by atoms with van der Waals surface area (Å²) in [5.74, 6) is -0.923. The van der Waals surface area contributed by atoms with Gasteiger partial charge in [0.25, 0.3) is 0 Å². The van der Waals surface area contributed by atoms with E-state index in [1.807, 2.05) is 24.3 Å². The summed E-state index contributed by atoms with van der Waals surface area (Å²) >= 11 is 2.47. The van der Waals surface area contributed by atoms with Crippen molar-refractivity contribution in [2.45, 2.75) is 18.6 Å². The van der Waals surface area contributed by atoms with E-state index in [1.165, 1.54) is 18.3 Å². The van der Waals surface area contributed by atoms with Crippen molar-refractivity contribution in [3.05, 3.63) is 29.3 Å². The smallest absolute Gasteiger partial charge is 0.304 e. The van der Waals surface area contributed by atoms with Crippen LogP contribution in [0.2, 0.25) is 0 Å². The molecule has 0 fully saturated rings. The van der Waals surface area contributed by atoms with Crippen LogP contribution in [0.4, 0.5) is 0 Å². The van der Waals surface area contributed by atoms with Gasteiger partial charge in [0.05, 0.1) is 21.9 Å². The molecule has 4 nitrogen and oxygen atoms in total. The number of para-hydroxylation sites is 1. The number of benzene rings is 1. The Labute approximate surface area is 112 Å². The molecule has 1 heterocycles. The third-order valence-corrected chi connectivity index (χ3v) is 4.56. The molecule has 0 amide bonds. The number of hydrogen-bond acceptors (Lipinski definition) is 5. The summed E-state index contributed by atoms with van der Waals surface area (Å²) in [7, 11) is 0. The molecule has 1 N–H and O–H groups in total. The summed E-state index contributed by atoms with van der Waals surface area (Å²) in [4.78, 5) is 26.4. The minimum Gasteiger partial charge on any atom is -0.481 e. The van der Waals surface area contributed by atoms with Gasteiger partial charge in [-0.2, -0.15) is 0 Å². The highest BCUT2D eigenvalue weighted by Gasteiger charge is 2.22. The van der Waals surface area contributed by atoms with Gasteiger partial charge in [-0.3, -0.25) is 9.59 Å². The fourth-order valence-corrected chi connectivity index (χ4v) is 3.58. The molecule has 0 radical (unpaired) electrons. The molecule has 0 saturated carbocycles. The van der Waals surface area contributed by atoms with E-state index in [0.29, 0.717) is 5.01 Å². The minimum atomic E-state index is -0.923. The van der Waals surface area contributed by atoms with E-state index >= 15 is 0 Å². The van der Waals surface area contributed by atoms with Gasteiger partial charge in [-0.15, -0.1) is 11.3 Å². The summed E-state index contributed by atoms with van der Waals surface area (Å²) in [6.07, 6.45) is -0.0932. The van der Waals surface area contributed by atoms with Crippen molar-refractivity contribution in [2.24, 2.45) is 0 Å². The predicted octanol–water partition coefficient (Wildman–Crippen LogP) is 3.09. The lowest BCUT2D eigenvalue weighted by Crippen LogP contribution is -2.04. The van der Waals surface area contributed by atoms with Gasteiger partial charge in [0.15, 0.2) is 5.12 Å². The van der Waals surface area contributed by atoms with E-state index < -0.39 is 11.2 Å². The van der Waals surface area contributed by atoms with Gasteiger partial charge in [0.1, 0.15) is 5.01 Å². The Balaban J connectivity index is 2.33. The van der Waals surface area contributed by atoms with Crippen LogP contribution in [-0.2, 0) is 9.59 Å². The zero-order valence-corrected chi connectivity index (χ0v) is 11.3. The van der Waals surface area contributed by atoms with Crippen LogP contribution < -0.4 is 0 Å². The molecule has 1 aromatic heterocycles. The quantitative estimate of drug-likeness (QED) is 0.932. The first-order valence-corrected chi connectivity index (χ1v) is 7.00. The number of nitrogens with zero attached hydrogens (tertiary/aromatic N) is 1. The molecule has 94 valence electrons. The number of fused-ring (bicyclic) bond motifs is 1. The normalized spacial score (nSPS) is 12.5. The van der Waals surface area contributed by atoms with E-state index in [-0.39, 0.29) is 11.5 Å². The molecule has 18 heavy (non-hydrogen) atoms. The van der Waals surface area contributed by atoms with Crippen molar-refractivity contribution in [3.8, 4) is 0 Å². The molecular formula is C12H11NO3S2. The molecule has 2 rings (SSSR count). The maximum absolute atomic E-state index is 11.2. The van der Waals surface area contributed by atoms with Crippen LogP contribution in [-0.4, -0.2) is 21.2 Å². The van der Waals surface area contributed by atoms with Gasteiger partial charge in [0.2, 0.25) is 0 Å². The van der Waals surface area contributed by atoms with Crippen LogP contribution in [0, 0.1) is 0 Å². The topological polar surface area (TPSA) is 67.3 Å². The minimum absolute atomic E-state index is 0.0932. The number of carbonyl (C=O) groups excluding carboxylic acids is 1. The van der Waals surface area contributed by atoms with Crippen molar-refractivity contribution in [3.63, 3.8) is 0 Å². The molecule has 2 aromatic rings. The van der Waals surface area contributed by atoms with Gasteiger partial charge in [-0.05, 0) is 12.1 Å². The van der Waals surface area contributed by atoms with Crippen molar-refractivity contribution in [1.82, 2.24) is 4.98 Å². The summed E-state index contributed by atoms with van der Waals surface area (Å²) in [6.45, 7) is 1.44. The first-order chi connectivity index (χ1) is 8.56. The van der Waals surface area contributed by atoms with E-state index in [4.69, 9.17) is 5.11 Å².